The summed E-state index contributed by atoms with van der Waals surface area (Å²) in [7, 11) is 0. The quantitative estimate of drug-likeness (QED) is 0.548. The van der Waals surface area contributed by atoms with E-state index in [1.807, 2.05) is 0 Å². The molecule has 19 heavy (non-hydrogen) atoms. The van der Waals surface area contributed by atoms with Crippen LogP contribution in [-0.4, -0.2) is 0 Å². The highest BCUT2D eigenvalue weighted by molar-refractivity contribution is 9.10. The van der Waals surface area contributed by atoms with Crippen molar-refractivity contribution in [3.63, 3.8) is 0 Å². The molecule has 0 aliphatic heterocycles. The van der Waals surface area contributed by atoms with Gasteiger partial charge in [-0.3, -0.25) is 0 Å². The Labute approximate surface area is 120 Å². The molecule has 1 aliphatic carbocycles. The molecule has 4 rings (SSSR count). The van der Waals surface area contributed by atoms with Crippen LogP contribution in [0.1, 0.15) is 12.8 Å². The third-order valence-corrected chi connectivity index (χ3v) is 4.58. The van der Waals surface area contributed by atoms with Crippen molar-refractivity contribution >= 4 is 49.6 Å². The molecule has 0 spiro atoms. The van der Waals surface area contributed by atoms with Crippen LogP contribution in [0.15, 0.2) is 46.9 Å². The highest BCUT2D eigenvalue weighted by Gasteiger charge is 2.07. The van der Waals surface area contributed by atoms with Crippen molar-refractivity contribution in [1.29, 1.82) is 0 Å². The Morgan fingerprint density at radius 3 is 2.42 bits per heavy atom. The first-order valence-electron chi connectivity index (χ1n) is 6.65. The molecule has 0 nitrogen and oxygen atoms in total. The summed E-state index contributed by atoms with van der Waals surface area (Å²) in [6, 6.07) is 15.3. The summed E-state index contributed by atoms with van der Waals surface area (Å²) in [4.78, 5) is 0. The maximum Gasteiger partial charge on any atom is 0.0256 e. The number of rotatable bonds is 0. The molecule has 0 radical (unpaired) electrons. The molecule has 1 aliphatic rings. The SMILES string of the molecule is Brc1cc2ccc3ccccc3c2c2c1=CCCC=2. The maximum atomic E-state index is 3.72. The molecule has 0 aromatic heterocycles. The third kappa shape index (κ3) is 1.65. The summed E-state index contributed by atoms with van der Waals surface area (Å²) < 4.78 is 1.21. The number of halogens is 1. The summed E-state index contributed by atoms with van der Waals surface area (Å²) >= 11 is 3.72. The van der Waals surface area contributed by atoms with E-state index in [-0.39, 0.29) is 0 Å². The normalized spacial score (nSPS) is 13.9. The van der Waals surface area contributed by atoms with E-state index in [4.69, 9.17) is 0 Å². The molecule has 0 N–H and O–H groups in total. The zero-order valence-electron chi connectivity index (χ0n) is 10.5. The van der Waals surface area contributed by atoms with Gasteiger partial charge in [0.25, 0.3) is 0 Å². The zero-order chi connectivity index (χ0) is 12.8. The highest BCUT2D eigenvalue weighted by atomic mass is 79.9. The highest BCUT2D eigenvalue weighted by Crippen LogP contribution is 2.24. The molecule has 0 unspecified atom stereocenters. The average molecular weight is 309 g/mol. The Morgan fingerprint density at radius 1 is 0.789 bits per heavy atom. The van der Waals surface area contributed by atoms with Crippen molar-refractivity contribution in [2.45, 2.75) is 12.8 Å². The maximum absolute atomic E-state index is 3.72. The Balaban J connectivity index is 2.38. The van der Waals surface area contributed by atoms with E-state index >= 15 is 0 Å². The van der Waals surface area contributed by atoms with Crippen LogP contribution in [0, 0.1) is 0 Å². The minimum atomic E-state index is 1.14. The van der Waals surface area contributed by atoms with Crippen molar-refractivity contribution in [1.82, 2.24) is 0 Å². The van der Waals surface area contributed by atoms with Gasteiger partial charge in [-0.15, -0.1) is 0 Å². The molecule has 0 atom stereocenters. The van der Waals surface area contributed by atoms with Crippen molar-refractivity contribution in [2.75, 3.05) is 0 Å². The van der Waals surface area contributed by atoms with Crippen molar-refractivity contribution in [2.24, 2.45) is 0 Å². The molecular weight excluding hydrogens is 296 g/mol. The standard InChI is InChI=1S/C18H13Br/c19-17-11-13-10-9-12-5-1-2-6-14(12)18(13)16-8-4-3-7-15(16)17/h1-2,5-11H,3-4H2. The van der Waals surface area contributed by atoms with Gasteiger partial charge in [0.1, 0.15) is 0 Å². The lowest BCUT2D eigenvalue weighted by Crippen LogP contribution is -2.28. The fourth-order valence-corrected chi connectivity index (χ4v) is 3.68. The van der Waals surface area contributed by atoms with Gasteiger partial charge in [-0.2, -0.15) is 0 Å². The van der Waals surface area contributed by atoms with E-state index in [9.17, 15) is 0 Å². The van der Waals surface area contributed by atoms with E-state index in [1.165, 1.54) is 36.5 Å². The van der Waals surface area contributed by atoms with Crippen LogP contribution in [0.2, 0.25) is 0 Å². The van der Waals surface area contributed by atoms with E-state index in [2.05, 4.69) is 70.5 Å². The predicted octanol–water partition coefficient (Wildman–Crippen LogP) is 4.11. The van der Waals surface area contributed by atoms with Crippen LogP contribution in [0.5, 0.6) is 0 Å². The largest absolute Gasteiger partial charge is 0.0757 e. The van der Waals surface area contributed by atoms with Crippen molar-refractivity contribution < 1.29 is 0 Å². The summed E-state index contributed by atoms with van der Waals surface area (Å²) in [5.74, 6) is 0. The van der Waals surface area contributed by atoms with Crippen LogP contribution in [0.4, 0.5) is 0 Å². The Hall–Kier alpha value is -1.60. The molecule has 0 heterocycles. The fraction of sp³-hybridized carbons (Fsp3) is 0.111. The number of benzene rings is 3. The fourth-order valence-electron chi connectivity index (χ4n) is 3.06. The third-order valence-electron chi connectivity index (χ3n) is 3.92. The van der Waals surface area contributed by atoms with Gasteiger partial charge in [0.15, 0.2) is 0 Å². The van der Waals surface area contributed by atoms with Gasteiger partial charge in [-0.05, 0) is 50.9 Å². The molecule has 3 aromatic rings. The molecule has 0 saturated carbocycles. The first-order chi connectivity index (χ1) is 9.34. The van der Waals surface area contributed by atoms with Gasteiger partial charge in [0, 0.05) is 4.47 Å². The minimum Gasteiger partial charge on any atom is -0.0757 e. The van der Waals surface area contributed by atoms with Gasteiger partial charge < -0.3 is 0 Å². The molecule has 3 aromatic carbocycles. The molecule has 0 saturated heterocycles. The second-order valence-electron chi connectivity index (χ2n) is 5.06. The monoisotopic (exact) mass is 308 g/mol. The second-order valence-corrected chi connectivity index (χ2v) is 5.91. The number of hydrogen-bond acceptors (Lipinski definition) is 0. The van der Waals surface area contributed by atoms with Gasteiger partial charge in [0.2, 0.25) is 0 Å². The zero-order valence-corrected chi connectivity index (χ0v) is 12.1. The van der Waals surface area contributed by atoms with E-state index in [1.54, 1.807) is 0 Å². The summed E-state index contributed by atoms with van der Waals surface area (Å²) in [5, 5.41) is 8.14. The van der Waals surface area contributed by atoms with Crippen LogP contribution in [0.3, 0.4) is 0 Å². The lowest BCUT2D eigenvalue weighted by Gasteiger charge is -2.10. The Kier molecular flexibility index (Phi) is 2.49. The van der Waals surface area contributed by atoms with Crippen LogP contribution >= 0.6 is 15.9 Å². The van der Waals surface area contributed by atoms with Crippen molar-refractivity contribution in [3.05, 3.63) is 57.4 Å². The van der Waals surface area contributed by atoms with E-state index in [0.29, 0.717) is 0 Å². The van der Waals surface area contributed by atoms with Gasteiger partial charge in [-0.25, -0.2) is 0 Å². The van der Waals surface area contributed by atoms with E-state index < -0.39 is 0 Å². The molecular formula is C18H13Br. The van der Waals surface area contributed by atoms with Crippen LogP contribution < -0.4 is 10.4 Å². The van der Waals surface area contributed by atoms with Gasteiger partial charge >= 0.3 is 0 Å². The van der Waals surface area contributed by atoms with Crippen LogP contribution in [-0.2, 0) is 0 Å². The molecule has 1 heteroatoms. The first-order valence-corrected chi connectivity index (χ1v) is 7.44. The number of fused-ring (bicyclic) bond motifs is 5. The molecule has 92 valence electrons. The van der Waals surface area contributed by atoms with Crippen molar-refractivity contribution in [3.8, 4) is 0 Å². The molecule has 0 amide bonds. The molecule has 0 bridgehead atoms. The summed E-state index contributed by atoms with van der Waals surface area (Å²) in [6.07, 6.45) is 7.01. The first kappa shape index (κ1) is 11.2. The van der Waals surface area contributed by atoms with Crippen LogP contribution in [0.25, 0.3) is 33.7 Å². The smallest absolute Gasteiger partial charge is 0.0256 e. The summed E-state index contributed by atoms with van der Waals surface area (Å²) in [5.41, 5.74) is 0. The average Bonchev–Trinajstić information content (AvgIpc) is 2.47. The topological polar surface area (TPSA) is 0 Å². The van der Waals surface area contributed by atoms with E-state index in [0.717, 1.165) is 12.8 Å². The summed E-state index contributed by atoms with van der Waals surface area (Å²) in [6.45, 7) is 0. The second kappa shape index (κ2) is 4.21. The predicted molar refractivity (Wildman–Crippen MR) is 86.6 cm³/mol. The van der Waals surface area contributed by atoms with Gasteiger partial charge in [-0.1, -0.05) is 64.5 Å². The Bertz CT molecular complexity index is 920. The Morgan fingerprint density at radius 2 is 1.53 bits per heavy atom. The minimum absolute atomic E-state index is 1.14. The lowest BCUT2D eigenvalue weighted by atomic mass is 9.96. The number of hydrogen-bond donors (Lipinski definition) is 0. The molecule has 0 fully saturated rings. The lowest BCUT2D eigenvalue weighted by molar-refractivity contribution is 1.12. The van der Waals surface area contributed by atoms with Gasteiger partial charge in [0.05, 0.1) is 0 Å².